The summed E-state index contributed by atoms with van der Waals surface area (Å²) in [4.78, 5) is 0. The van der Waals surface area contributed by atoms with Crippen LogP contribution in [0.3, 0.4) is 0 Å². The summed E-state index contributed by atoms with van der Waals surface area (Å²) in [5.74, 6) is 0.798. The highest BCUT2D eigenvalue weighted by Crippen LogP contribution is 2.39. The summed E-state index contributed by atoms with van der Waals surface area (Å²) in [6.07, 6.45) is 0. The minimum atomic E-state index is 0.399. The second kappa shape index (κ2) is 10.2. The number of aryl methyl sites for hydroxylation is 3. The van der Waals surface area contributed by atoms with Gasteiger partial charge in [0.15, 0.2) is 5.11 Å². The fourth-order valence-electron chi connectivity index (χ4n) is 4.42. The molecule has 0 saturated heterocycles. The molecule has 0 radical (unpaired) electrons. The Bertz CT molecular complexity index is 1100. The fourth-order valence-corrected chi connectivity index (χ4v) is 5.09. The van der Waals surface area contributed by atoms with E-state index < -0.39 is 0 Å². The molecule has 0 bridgehead atoms. The molecule has 0 aliphatic carbocycles. The summed E-state index contributed by atoms with van der Waals surface area (Å²) in [6, 6.07) is 17.3. The van der Waals surface area contributed by atoms with Crippen molar-refractivity contribution < 1.29 is 0 Å². The van der Waals surface area contributed by atoms with Crippen LogP contribution in [-0.4, -0.2) is 5.11 Å². The number of hydrogen-bond acceptors (Lipinski definition) is 1. The van der Waals surface area contributed by atoms with E-state index in [4.69, 9.17) is 12.2 Å². The van der Waals surface area contributed by atoms with Crippen LogP contribution in [0.4, 0.5) is 11.4 Å². The number of nitrogens with one attached hydrogen (secondary N) is 2. The Morgan fingerprint density at radius 1 is 0.781 bits per heavy atom. The van der Waals surface area contributed by atoms with Crippen LogP contribution in [0.15, 0.2) is 53.0 Å². The molecule has 0 atom stereocenters. The average Bonchev–Trinajstić information content (AvgIpc) is 2.69. The van der Waals surface area contributed by atoms with Crippen LogP contribution in [0.2, 0.25) is 0 Å². The monoisotopic (exact) mass is 508 g/mol. The van der Waals surface area contributed by atoms with Gasteiger partial charge in [0.2, 0.25) is 0 Å². The lowest BCUT2D eigenvalue weighted by atomic mass is 9.92. The molecular formula is C28H33BrN2S. The first-order chi connectivity index (χ1) is 15.1. The number of anilines is 2. The third kappa shape index (κ3) is 5.24. The third-order valence-corrected chi connectivity index (χ3v) is 6.67. The number of rotatable bonds is 5. The molecule has 3 aromatic rings. The predicted molar refractivity (Wildman–Crippen MR) is 148 cm³/mol. The van der Waals surface area contributed by atoms with E-state index in [1.165, 1.54) is 33.4 Å². The van der Waals surface area contributed by atoms with E-state index in [1.54, 1.807) is 0 Å². The van der Waals surface area contributed by atoms with Gasteiger partial charge in [0.25, 0.3) is 0 Å². The van der Waals surface area contributed by atoms with Crippen molar-refractivity contribution in [2.24, 2.45) is 0 Å². The molecule has 0 amide bonds. The predicted octanol–water partition coefficient (Wildman–Crippen LogP) is 9.10. The zero-order valence-corrected chi connectivity index (χ0v) is 22.5. The van der Waals surface area contributed by atoms with Crippen molar-refractivity contribution in [2.75, 3.05) is 10.6 Å². The van der Waals surface area contributed by atoms with E-state index in [0.717, 1.165) is 21.4 Å². The maximum Gasteiger partial charge on any atom is 0.175 e. The molecule has 0 spiro atoms. The molecule has 0 saturated carbocycles. The molecule has 168 valence electrons. The van der Waals surface area contributed by atoms with Crippen LogP contribution < -0.4 is 10.6 Å². The van der Waals surface area contributed by atoms with E-state index >= 15 is 0 Å². The highest BCUT2D eigenvalue weighted by atomic mass is 79.9. The van der Waals surface area contributed by atoms with Crippen molar-refractivity contribution in [3.05, 3.63) is 80.8 Å². The van der Waals surface area contributed by atoms with Gasteiger partial charge in [0.1, 0.15) is 0 Å². The quantitative estimate of drug-likeness (QED) is 0.336. The summed E-state index contributed by atoms with van der Waals surface area (Å²) < 4.78 is 0.986. The highest BCUT2D eigenvalue weighted by molar-refractivity contribution is 9.10. The van der Waals surface area contributed by atoms with Crippen LogP contribution in [0.5, 0.6) is 0 Å². The number of halogens is 1. The first-order valence-electron chi connectivity index (χ1n) is 11.2. The van der Waals surface area contributed by atoms with Crippen molar-refractivity contribution in [2.45, 2.75) is 60.3 Å². The molecule has 0 heterocycles. The summed E-state index contributed by atoms with van der Waals surface area (Å²) >= 11 is 9.57. The molecule has 0 fully saturated rings. The Balaban J connectivity index is 2.01. The molecule has 2 N–H and O–H groups in total. The van der Waals surface area contributed by atoms with Crippen LogP contribution >= 0.6 is 28.1 Å². The maximum atomic E-state index is 5.82. The zero-order valence-electron chi connectivity index (χ0n) is 20.1. The molecule has 0 unspecified atom stereocenters. The minimum Gasteiger partial charge on any atom is -0.332 e. The first kappa shape index (κ1) is 24.5. The van der Waals surface area contributed by atoms with Crippen LogP contribution in [0.1, 0.15) is 67.3 Å². The fraction of sp³-hybridized carbons (Fsp3) is 0.321. The maximum absolute atomic E-state index is 5.82. The lowest BCUT2D eigenvalue weighted by Crippen LogP contribution is -2.22. The first-order valence-corrected chi connectivity index (χ1v) is 12.4. The topological polar surface area (TPSA) is 24.1 Å². The lowest BCUT2D eigenvalue weighted by Gasteiger charge is -2.23. The van der Waals surface area contributed by atoms with Gasteiger partial charge < -0.3 is 10.6 Å². The number of benzene rings is 3. The SMILES string of the molecule is Cc1cc(C)c(-c2cccc(Br)c2NC(=S)Nc2c(C(C)C)cccc2C(C)C)c(C)c1. The van der Waals surface area contributed by atoms with Gasteiger partial charge >= 0.3 is 0 Å². The Hall–Kier alpha value is -2.17. The van der Waals surface area contributed by atoms with E-state index in [1.807, 2.05) is 0 Å². The van der Waals surface area contributed by atoms with Crippen LogP contribution in [-0.2, 0) is 0 Å². The van der Waals surface area contributed by atoms with Gasteiger partial charge in [-0.05, 0) is 94.6 Å². The Morgan fingerprint density at radius 3 is 1.81 bits per heavy atom. The molecule has 0 aromatic heterocycles. The van der Waals surface area contributed by atoms with E-state index in [2.05, 4.69) is 124 Å². The van der Waals surface area contributed by atoms with Crippen molar-refractivity contribution >= 4 is 44.6 Å². The molecule has 0 aliphatic rings. The number of thiocarbonyl (C=S) groups is 1. The Morgan fingerprint density at radius 2 is 1.28 bits per heavy atom. The second-order valence-electron chi connectivity index (χ2n) is 9.14. The van der Waals surface area contributed by atoms with E-state index in [9.17, 15) is 0 Å². The van der Waals surface area contributed by atoms with Crippen molar-refractivity contribution in [1.29, 1.82) is 0 Å². The summed E-state index contributed by atoms with van der Waals surface area (Å²) in [5, 5.41) is 7.63. The van der Waals surface area contributed by atoms with E-state index in [-0.39, 0.29) is 0 Å². The minimum absolute atomic E-state index is 0.399. The molecule has 32 heavy (non-hydrogen) atoms. The summed E-state index contributed by atoms with van der Waals surface area (Å²) in [6.45, 7) is 15.4. The van der Waals surface area contributed by atoms with Gasteiger partial charge in [-0.2, -0.15) is 0 Å². The van der Waals surface area contributed by atoms with Crippen LogP contribution in [0, 0.1) is 20.8 Å². The van der Waals surface area contributed by atoms with Crippen molar-refractivity contribution in [1.82, 2.24) is 0 Å². The van der Waals surface area contributed by atoms with Crippen LogP contribution in [0.25, 0.3) is 11.1 Å². The van der Waals surface area contributed by atoms with Gasteiger partial charge in [-0.15, -0.1) is 0 Å². The lowest BCUT2D eigenvalue weighted by molar-refractivity contribution is 0.839. The second-order valence-corrected chi connectivity index (χ2v) is 10.4. The standard InChI is InChI=1S/C28H33BrN2S/c1-16(2)21-10-8-11-22(17(3)4)26(21)30-28(32)31-27-23(12-9-13-24(27)29)25-19(6)14-18(5)15-20(25)7/h8-17H,1-7H3,(H2,30,31,32). The van der Waals surface area contributed by atoms with Gasteiger partial charge in [0, 0.05) is 15.7 Å². The largest absolute Gasteiger partial charge is 0.332 e. The van der Waals surface area contributed by atoms with Gasteiger partial charge in [-0.3, -0.25) is 0 Å². The van der Waals surface area contributed by atoms with E-state index in [0.29, 0.717) is 16.9 Å². The van der Waals surface area contributed by atoms with Gasteiger partial charge in [0.05, 0.1) is 5.69 Å². The van der Waals surface area contributed by atoms with Crippen molar-refractivity contribution in [3.8, 4) is 11.1 Å². The molecule has 4 heteroatoms. The molecule has 3 rings (SSSR count). The smallest absolute Gasteiger partial charge is 0.175 e. The zero-order chi connectivity index (χ0) is 23.6. The molecule has 0 aliphatic heterocycles. The molecular weight excluding hydrogens is 476 g/mol. The van der Waals surface area contributed by atoms with Crippen molar-refractivity contribution in [3.63, 3.8) is 0 Å². The highest BCUT2D eigenvalue weighted by Gasteiger charge is 2.18. The Labute approximate surface area is 207 Å². The summed E-state index contributed by atoms with van der Waals surface area (Å²) in [5.41, 5.74) is 10.8. The normalized spacial score (nSPS) is 11.2. The summed E-state index contributed by atoms with van der Waals surface area (Å²) in [7, 11) is 0. The molecule has 3 aromatic carbocycles. The third-order valence-electron chi connectivity index (χ3n) is 5.81. The number of hydrogen-bond donors (Lipinski definition) is 2. The van der Waals surface area contributed by atoms with Gasteiger partial charge in [-0.25, -0.2) is 0 Å². The molecule has 2 nitrogen and oxygen atoms in total. The average molecular weight is 510 g/mol. The van der Waals surface area contributed by atoms with Gasteiger partial charge in [-0.1, -0.05) is 75.7 Å². The Kier molecular flexibility index (Phi) is 7.79. The number of para-hydroxylation sites is 2.